The molecule has 0 aliphatic rings. The largest absolute Gasteiger partial charge is 0.513 e. The third-order valence-electron chi connectivity index (χ3n) is 9.40. The first kappa shape index (κ1) is 80.0. The Morgan fingerprint density at radius 3 is 0.754 bits per heavy atom. The third kappa shape index (κ3) is 133. The molecular formula is C60H127NO4. The van der Waals surface area contributed by atoms with Gasteiger partial charge in [0.25, 0.3) is 0 Å². The predicted molar refractivity (Wildman–Crippen MR) is 300 cm³/mol. The minimum atomic E-state index is 0.172. The number of rotatable bonds is 11. The smallest absolute Gasteiger partial charge is 0.130 e. The van der Waals surface area contributed by atoms with Crippen molar-refractivity contribution in [1.82, 2.24) is 0 Å². The minimum absolute atomic E-state index is 0.172. The molecule has 5 nitrogen and oxygen atoms in total. The zero-order valence-corrected chi connectivity index (χ0v) is 50.7. The maximum Gasteiger partial charge on any atom is 0.130 e. The van der Waals surface area contributed by atoms with Gasteiger partial charge in [-0.3, -0.25) is 0 Å². The lowest BCUT2D eigenvalue weighted by Gasteiger charge is -2.22. The number of hydrogen-bond donors (Lipinski definition) is 3. The Balaban J connectivity index is -0.0000000955. The van der Waals surface area contributed by atoms with Gasteiger partial charge in [0.2, 0.25) is 0 Å². The lowest BCUT2D eigenvalue weighted by Crippen LogP contribution is -2.12. The van der Waals surface area contributed by atoms with Crippen LogP contribution in [0.1, 0.15) is 291 Å². The van der Waals surface area contributed by atoms with Crippen LogP contribution in [-0.4, -0.2) is 21.8 Å². The Morgan fingerprint density at radius 1 is 0.446 bits per heavy atom. The molecule has 0 heterocycles. The van der Waals surface area contributed by atoms with Crippen LogP contribution < -0.4 is 5.73 Å². The summed E-state index contributed by atoms with van der Waals surface area (Å²) >= 11 is 0. The normalized spacial score (nSPS) is 11.7. The molecule has 0 saturated carbocycles. The van der Waals surface area contributed by atoms with Gasteiger partial charge in [-0.05, 0) is 95.2 Å². The van der Waals surface area contributed by atoms with Gasteiger partial charge in [-0.1, -0.05) is 239 Å². The van der Waals surface area contributed by atoms with Gasteiger partial charge >= 0.3 is 0 Å². The first-order chi connectivity index (χ1) is 28.1. The van der Waals surface area contributed by atoms with Crippen molar-refractivity contribution in [2.24, 2.45) is 55.0 Å². The molecule has 0 unspecified atom stereocenters. The molecular weight excluding hydrogens is 799 g/mol. The maximum atomic E-state index is 10.5. The summed E-state index contributed by atoms with van der Waals surface area (Å²) in [6, 6.07) is 0. The second-order valence-corrected chi connectivity index (χ2v) is 28.3. The monoisotopic (exact) mass is 926 g/mol. The highest BCUT2D eigenvalue weighted by atomic mass is 16.3. The number of carbonyl (C=O) groups is 2. The van der Waals surface area contributed by atoms with E-state index in [1.807, 2.05) is 0 Å². The highest BCUT2D eigenvalue weighted by molar-refractivity contribution is 5.76. The summed E-state index contributed by atoms with van der Waals surface area (Å²) in [5.41, 5.74) is 9.15. The summed E-state index contributed by atoms with van der Waals surface area (Å²) in [7, 11) is 0. The minimum Gasteiger partial charge on any atom is -0.513 e. The van der Waals surface area contributed by atoms with E-state index in [1.165, 1.54) is 32.1 Å². The SMILES string of the molecule is C=C(N)CCC(C)(C)C.C=C(O)CCC(C)(C)C.C=C(O)CCC(C)(C)C.CC(=O)CC(C)(C)C.CC(=O)CC(C)(C)C.CC(C)C(C)(C)C.CCC(C)(C)C.CCCCCC(C)(C)C. The molecule has 0 aromatic heterocycles. The number of ketones is 2. The number of Topliss-reactive ketones (excluding diaryl/α,β-unsaturated/α-hetero) is 2. The van der Waals surface area contributed by atoms with Gasteiger partial charge < -0.3 is 25.5 Å². The molecule has 0 bridgehead atoms. The van der Waals surface area contributed by atoms with E-state index in [1.54, 1.807) is 13.8 Å². The van der Waals surface area contributed by atoms with E-state index >= 15 is 0 Å². The average Bonchev–Trinajstić information content (AvgIpc) is 2.99. The van der Waals surface area contributed by atoms with E-state index in [9.17, 15) is 9.59 Å². The quantitative estimate of drug-likeness (QED) is 0.142. The maximum absolute atomic E-state index is 10.5. The first-order valence-corrected chi connectivity index (χ1v) is 25.3. The van der Waals surface area contributed by atoms with Crippen LogP contribution in [0.2, 0.25) is 0 Å². The van der Waals surface area contributed by atoms with Crippen molar-refractivity contribution in [1.29, 1.82) is 0 Å². The highest BCUT2D eigenvalue weighted by Gasteiger charge is 2.15. The highest BCUT2D eigenvalue weighted by Crippen LogP contribution is 2.25. The fourth-order valence-electron chi connectivity index (χ4n) is 3.97. The van der Waals surface area contributed by atoms with E-state index < -0.39 is 0 Å². The van der Waals surface area contributed by atoms with Crippen molar-refractivity contribution in [3.63, 3.8) is 0 Å². The third-order valence-corrected chi connectivity index (χ3v) is 9.40. The van der Waals surface area contributed by atoms with Gasteiger partial charge in [0.1, 0.15) is 11.6 Å². The van der Waals surface area contributed by atoms with Crippen molar-refractivity contribution in [2.75, 3.05) is 0 Å². The molecule has 0 aliphatic carbocycles. The van der Waals surface area contributed by atoms with Gasteiger partial charge in [-0.2, -0.15) is 0 Å². The first-order valence-electron chi connectivity index (χ1n) is 25.3. The second-order valence-electron chi connectivity index (χ2n) is 28.3. The van der Waals surface area contributed by atoms with Gasteiger partial charge in [-0.25, -0.2) is 0 Å². The zero-order valence-electron chi connectivity index (χ0n) is 50.7. The number of aliphatic hydroxyl groups excluding tert-OH is 2. The fourth-order valence-corrected chi connectivity index (χ4v) is 3.97. The number of hydrogen-bond acceptors (Lipinski definition) is 5. The molecule has 0 fully saturated rings. The van der Waals surface area contributed by atoms with Crippen LogP contribution in [0.15, 0.2) is 37.0 Å². The van der Waals surface area contributed by atoms with Crippen LogP contribution in [0.3, 0.4) is 0 Å². The molecule has 0 amide bonds. The summed E-state index contributed by atoms with van der Waals surface area (Å²) in [5, 5.41) is 17.4. The Kier molecular flexibility index (Phi) is 47.9. The van der Waals surface area contributed by atoms with Crippen LogP contribution >= 0.6 is 0 Å². The average molecular weight is 927 g/mol. The van der Waals surface area contributed by atoms with Crippen LogP contribution in [0.25, 0.3) is 0 Å². The Labute approximate surface area is 412 Å². The number of aliphatic hydroxyl groups is 2. The summed E-state index contributed by atoms with van der Waals surface area (Å²) in [6.07, 6.45) is 13.7. The molecule has 0 aliphatic heterocycles. The van der Waals surface area contributed by atoms with Gasteiger partial charge in [0, 0.05) is 31.4 Å². The van der Waals surface area contributed by atoms with E-state index in [0.717, 1.165) is 50.1 Å². The number of unbranched alkanes of at least 4 members (excludes halogenated alkanes) is 2. The standard InChI is InChI=1S/C9H20.C8H17N.2C8H16O.2C7H14O.C7H16.C6H14/c1-5-6-7-8-9(2,3)4;3*1-7(9)5-6-8(2,3)4;2*1-6(8)5-7(2,3)4;1-6(2)7(3,4)5;1-5-6(2,3)4/h5-8H2,1-4H3;1,5-6,9H2,2-4H3;2*9H,1,5-6H2,2-4H3;2*5H2,1-4H3;6H,1-5H3;5H2,1-4H3. The van der Waals surface area contributed by atoms with Crippen molar-refractivity contribution in [3.8, 4) is 0 Å². The summed E-state index contributed by atoms with van der Waals surface area (Å²) in [4.78, 5) is 20.9. The Hall–Kier alpha value is -2.04. The van der Waals surface area contributed by atoms with Crippen LogP contribution in [0, 0.1) is 49.2 Å². The lowest BCUT2D eigenvalue weighted by molar-refractivity contribution is -0.119. The Bertz CT molecular complexity index is 1070. The molecule has 396 valence electrons. The van der Waals surface area contributed by atoms with E-state index in [2.05, 4.69) is 214 Å². The van der Waals surface area contributed by atoms with Crippen LogP contribution in [-0.2, 0) is 9.59 Å². The van der Waals surface area contributed by atoms with Crippen molar-refractivity contribution in [2.45, 2.75) is 291 Å². The van der Waals surface area contributed by atoms with Crippen molar-refractivity contribution in [3.05, 3.63) is 37.0 Å². The van der Waals surface area contributed by atoms with Gasteiger partial charge in [-0.15, -0.1) is 0 Å². The van der Waals surface area contributed by atoms with Crippen molar-refractivity contribution >= 4 is 11.6 Å². The molecule has 0 aromatic rings. The molecule has 0 radical (unpaired) electrons. The van der Waals surface area contributed by atoms with Crippen molar-refractivity contribution < 1.29 is 19.8 Å². The molecule has 0 spiro atoms. The number of nitrogens with two attached hydrogens (primary N) is 1. The number of carbonyl (C=O) groups excluding carboxylic acids is 2. The Morgan fingerprint density at radius 2 is 0.677 bits per heavy atom. The van der Waals surface area contributed by atoms with E-state index in [0.29, 0.717) is 56.8 Å². The molecule has 4 N–H and O–H groups in total. The molecule has 5 heteroatoms. The zero-order chi connectivity index (χ0) is 54.7. The molecule has 0 atom stereocenters. The molecule has 0 rings (SSSR count). The summed E-state index contributed by atoms with van der Waals surface area (Å²) < 4.78 is 0. The van der Waals surface area contributed by atoms with E-state index in [-0.39, 0.29) is 22.4 Å². The van der Waals surface area contributed by atoms with Gasteiger partial charge in [0.05, 0.1) is 11.5 Å². The van der Waals surface area contributed by atoms with Gasteiger partial charge in [0.15, 0.2) is 0 Å². The van der Waals surface area contributed by atoms with Crippen LogP contribution in [0.5, 0.6) is 0 Å². The summed E-state index contributed by atoms with van der Waals surface area (Å²) in [6.45, 7) is 75.0. The molecule has 0 saturated heterocycles. The van der Waals surface area contributed by atoms with E-state index in [4.69, 9.17) is 15.9 Å². The predicted octanol–water partition coefficient (Wildman–Crippen LogP) is 20.8. The molecule has 0 aromatic carbocycles. The number of allylic oxidation sites excluding steroid dienone is 3. The molecule has 65 heavy (non-hydrogen) atoms. The lowest BCUT2D eigenvalue weighted by atomic mass is 9.84. The van der Waals surface area contributed by atoms with Crippen LogP contribution in [0.4, 0.5) is 0 Å². The summed E-state index contributed by atoms with van der Waals surface area (Å²) in [5.74, 6) is 1.94. The second kappa shape index (κ2) is 38.9. The fraction of sp³-hybridized carbons (Fsp3) is 0.867. The topological polar surface area (TPSA) is 101 Å².